The van der Waals surface area contributed by atoms with Gasteiger partial charge in [-0.1, -0.05) is 0 Å². The van der Waals surface area contributed by atoms with Crippen LogP contribution in [0.2, 0.25) is 0 Å². The Morgan fingerprint density at radius 2 is 2.00 bits per heavy atom. The highest BCUT2D eigenvalue weighted by molar-refractivity contribution is 9.10. The predicted molar refractivity (Wildman–Crippen MR) is 95.0 cm³/mol. The van der Waals surface area contributed by atoms with Crippen LogP contribution in [0.3, 0.4) is 0 Å². The van der Waals surface area contributed by atoms with Gasteiger partial charge in [0.1, 0.15) is 11.6 Å². The lowest BCUT2D eigenvalue weighted by molar-refractivity contribution is 0.0711. The molecule has 1 amide bonds. The molecular weight excluding hydrogens is 372 g/mol. The molecule has 2 heterocycles. The largest absolute Gasteiger partial charge is 0.496 e. The molecule has 0 saturated carbocycles. The second-order valence-electron chi connectivity index (χ2n) is 5.80. The van der Waals surface area contributed by atoms with Crippen LogP contribution < -0.4 is 10.5 Å². The van der Waals surface area contributed by atoms with Gasteiger partial charge in [-0.05, 0) is 59.1 Å². The molecule has 1 aromatic heterocycles. The molecule has 1 aliphatic heterocycles. The number of methoxy groups -OCH3 is 1. The number of rotatable bonds is 3. The van der Waals surface area contributed by atoms with Crippen molar-refractivity contribution in [3.63, 3.8) is 0 Å². The number of anilines is 1. The molecule has 0 atom stereocenters. The van der Waals surface area contributed by atoms with E-state index in [1.54, 1.807) is 19.2 Å². The molecule has 3 rings (SSSR count). The fraction of sp³-hybridized carbons (Fsp3) is 0.353. The first-order chi connectivity index (χ1) is 11.6. The normalized spacial score (nSPS) is 15.3. The van der Waals surface area contributed by atoms with Gasteiger partial charge in [-0.15, -0.1) is 5.10 Å². The Morgan fingerprint density at radius 3 is 2.62 bits per heavy atom. The Hall–Kier alpha value is -2.15. The van der Waals surface area contributed by atoms with E-state index in [1.807, 2.05) is 23.1 Å². The van der Waals surface area contributed by atoms with Crippen LogP contribution in [0.25, 0.3) is 0 Å². The average Bonchev–Trinajstić information content (AvgIpc) is 2.62. The molecule has 0 bridgehead atoms. The summed E-state index contributed by atoms with van der Waals surface area (Å²) in [4.78, 5) is 14.6. The van der Waals surface area contributed by atoms with E-state index in [-0.39, 0.29) is 5.91 Å². The molecule has 2 N–H and O–H groups in total. The summed E-state index contributed by atoms with van der Waals surface area (Å²) in [5.41, 5.74) is 7.16. The zero-order valence-electron chi connectivity index (χ0n) is 13.4. The second-order valence-corrected chi connectivity index (χ2v) is 6.65. The highest BCUT2D eigenvalue weighted by Gasteiger charge is 2.25. The summed E-state index contributed by atoms with van der Waals surface area (Å²) in [6.07, 6.45) is 1.75. The third-order valence-corrected chi connectivity index (χ3v) is 4.96. The number of hydrogen-bond acceptors (Lipinski definition) is 5. The zero-order valence-corrected chi connectivity index (χ0v) is 15.0. The van der Waals surface area contributed by atoms with Crippen LogP contribution in [0.15, 0.2) is 34.8 Å². The maximum absolute atomic E-state index is 12.7. The van der Waals surface area contributed by atoms with Crippen LogP contribution in [-0.2, 0) is 0 Å². The van der Waals surface area contributed by atoms with Crippen molar-refractivity contribution < 1.29 is 9.53 Å². The lowest BCUT2D eigenvalue weighted by atomic mass is 9.93. The van der Waals surface area contributed by atoms with Crippen LogP contribution >= 0.6 is 15.9 Å². The smallest absolute Gasteiger partial charge is 0.253 e. The number of nitrogen functional groups attached to an aromatic ring is 1. The standard InChI is InChI=1S/C17H19BrN4O2/c1-24-15-10-12(2-3-13(15)18)17(23)22-8-6-11(7-9-22)14-4-5-16(19)21-20-14/h2-5,10-11H,6-9H2,1H3,(H2,19,21). The van der Waals surface area contributed by atoms with E-state index in [9.17, 15) is 4.79 Å². The topological polar surface area (TPSA) is 81.3 Å². The van der Waals surface area contributed by atoms with Crippen molar-refractivity contribution in [3.05, 3.63) is 46.1 Å². The first-order valence-electron chi connectivity index (χ1n) is 7.80. The molecule has 7 heteroatoms. The van der Waals surface area contributed by atoms with Crippen LogP contribution in [0.4, 0.5) is 5.82 Å². The van der Waals surface area contributed by atoms with E-state index in [0.29, 0.717) is 36.1 Å². The van der Waals surface area contributed by atoms with E-state index < -0.39 is 0 Å². The molecule has 2 aromatic rings. The molecule has 24 heavy (non-hydrogen) atoms. The summed E-state index contributed by atoms with van der Waals surface area (Å²) in [5.74, 6) is 1.44. The molecule has 0 spiro atoms. The summed E-state index contributed by atoms with van der Waals surface area (Å²) in [5, 5.41) is 8.07. The molecule has 1 aromatic carbocycles. The molecule has 0 unspecified atom stereocenters. The van der Waals surface area contributed by atoms with Crippen molar-refractivity contribution >= 4 is 27.7 Å². The van der Waals surface area contributed by atoms with Crippen LogP contribution in [-0.4, -0.2) is 41.2 Å². The number of likely N-dealkylation sites (tertiary alicyclic amines) is 1. The van der Waals surface area contributed by atoms with Gasteiger partial charge in [0, 0.05) is 24.6 Å². The van der Waals surface area contributed by atoms with E-state index in [0.717, 1.165) is 23.0 Å². The van der Waals surface area contributed by atoms with Crippen molar-refractivity contribution in [3.8, 4) is 5.75 Å². The lowest BCUT2D eigenvalue weighted by Gasteiger charge is -2.31. The number of carbonyl (C=O) groups is 1. The van der Waals surface area contributed by atoms with Gasteiger partial charge in [-0.2, -0.15) is 5.10 Å². The average molecular weight is 391 g/mol. The number of halogens is 1. The predicted octanol–water partition coefficient (Wildman–Crippen LogP) is 2.85. The number of piperidine rings is 1. The van der Waals surface area contributed by atoms with Crippen LogP contribution in [0.5, 0.6) is 5.75 Å². The number of amides is 1. The van der Waals surface area contributed by atoms with Crippen LogP contribution in [0.1, 0.15) is 34.8 Å². The van der Waals surface area contributed by atoms with Crippen molar-refractivity contribution in [2.45, 2.75) is 18.8 Å². The van der Waals surface area contributed by atoms with Gasteiger partial charge in [0.2, 0.25) is 0 Å². The Morgan fingerprint density at radius 1 is 1.25 bits per heavy atom. The number of carbonyl (C=O) groups excluding carboxylic acids is 1. The Labute approximate surface area is 149 Å². The number of hydrogen-bond donors (Lipinski definition) is 1. The molecule has 126 valence electrons. The monoisotopic (exact) mass is 390 g/mol. The molecule has 1 aliphatic rings. The van der Waals surface area contributed by atoms with E-state index in [1.165, 1.54) is 0 Å². The fourth-order valence-electron chi connectivity index (χ4n) is 2.92. The summed E-state index contributed by atoms with van der Waals surface area (Å²) < 4.78 is 6.10. The lowest BCUT2D eigenvalue weighted by Crippen LogP contribution is -2.38. The number of aromatic nitrogens is 2. The number of benzene rings is 1. The first-order valence-corrected chi connectivity index (χ1v) is 8.59. The summed E-state index contributed by atoms with van der Waals surface area (Å²) in [7, 11) is 1.59. The van der Waals surface area contributed by atoms with Gasteiger partial charge >= 0.3 is 0 Å². The second kappa shape index (κ2) is 7.17. The minimum atomic E-state index is 0.0302. The first kappa shape index (κ1) is 16.7. The number of nitrogens with zero attached hydrogens (tertiary/aromatic N) is 3. The van der Waals surface area contributed by atoms with Crippen molar-refractivity contribution in [1.82, 2.24) is 15.1 Å². The third kappa shape index (κ3) is 3.51. The summed E-state index contributed by atoms with van der Waals surface area (Å²) >= 11 is 3.40. The van der Waals surface area contributed by atoms with Gasteiger partial charge in [0.15, 0.2) is 0 Å². The van der Waals surface area contributed by atoms with Gasteiger partial charge in [-0.3, -0.25) is 4.79 Å². The van der Waals surface area contributed by atoms with E-state index >= 15 is 0 Å². The minimum Gasteiger partial charge on any atom is -0.496 e. The molecule has 6 nitrogen and oxygen atoms in total. The van der Waals surface area contributed by atoms with Crippen molar-refractivity contribution in [2.75, 3.05) is 25.9 Å². The number of ether oxygens (including phenoxy) is 1. The van der Waals surface area contributed by atoms with Crippen LogP contribution in [0, 0.1) is 0 Å². The minimum absolute atomic E-state index is 0.0302. The molecular formula is C17H19BrN4O2. The number of nitrogens with two attached hydrogens (primary N) is 1. The summed E-state index contributed by atoms with van der Waals surface area (Å²) in [6.45, 7) is 1.40. The van der Waals surface area contributed by atoms with E-state index in [4.69, 9.17) is 10.5 Å². The Kier molecular flexibility index (Phi) is 4.99. The highest BCUT2D eigenvalue weighted by Crippen LogP contribution is 2.29. The van der Waals surface area contributed by atoms with Crippen molar-refractivity contribution in [1.29, 1.82) is 0 Å². The van der Waals surface area contributed by atoms with Gasteiger partial charge in [0.25, 0.3) is 5.91 Å². The van der Waals surface area contributed by atoms with E-state index in [2.05, 4.69) is 26.1 Å². The fourth-order valence-corrected chi connectivity index (χ4v) is 3.33. The van der Waals surface area contributed by atoms with Gasteiger partial charge < -0.3 is 15.4 Å². The highest BCUT2D eigenvalue weighted by atomic mass is 79.9. The molecule has 1 fully saturated rings. The summed E-state index contributed by atoms with van der Waals surface area (Å²) in [6, 6.07) is 9.11. The van der Waals surface area contributed by atoms with Gasteiger partial charge in [-0.25, -0.2) is 0 Å². The van der Waals surface area contributed by atoms with Crippen molar-refractivity contribution in [2.24, 2.45) is 0 Å². The maximum atomic E-state index is 12.7. The Balaban J connectivity index is 1.66. The third-order valence-electron chi connectivity index (χ3n) is 4.30. The molecule has 0 aliphatic carbocycles. The quantitative estimate of drug-likeness (QED) is 0.870. The zero-order chi connectivity index (χ0) is 17.1. The maximum Gasteiger partial charge on any atom is 0.253 e. The SMILES string of the molecule is COc1cc(C(=O)N2CCC(c3ccc(N)nn3)CC2)ccc1Br. The Bertz CT molecular complexity index is 728. The molecule has 0 radical (unpaired) electrons. The molecule has 1 saturated heterocycles. The van der Waals surface area contributed by atoms with Gasteiger partial charge in [0.05, 0.1) is 17.3 Å².